The SMILES string of the molecule is CCC(C)(C)N(C)C1(CN)CCC(C(F)(F)F)CC1. The van der Waals surface area contributed by atoms with Gasteiger partial charge in [0.2, 0.25) is 0 Å². The molecule has 0 aromatic heterocycles. The van der Waals surface area contributed by atoms with Crippen LogP contribution in [0, 0.1) is 5.92 Å². The average Bonchev–Trinajstić information content (AvgIpc) is 2.36. The molecule has 0 radical (unpaired) electrons. The minimum Gasteiger partial charge on any atom is -0.329 e. The van der Waals surface area contributed by atoms with E-state index in [1.807, 2.05) is 7.05 Å². The molecule has 1 aliphatic rings. The molecule has 1 saturated carbocycles. The number of likely N-dealkylation sites (N-methyl/N-ethyl adjacent to an activating group) is 1. The smallest absolute Gasteiger partial charge is 0.329 e. The Hall–Kier alpha value is -0.290. The lowest BCUT2D eigenvalue weighted by atomic mass is 9.73. The van der Waals surface area contributed by atoms with E-state index in [2.05, 4.69) is 25.7 Å². The first-order chi connectivity index (χ1) is 8.59. The lowest BCUT2D eigenvalue weighted by molar-refractivity contribution is -0.189. The van der Waals surface area contributed by atoms with E-state index in [1.54, 1.807) is 0 Å². The lowest BCUT2D eigenvalue weighted by Gasteiger charge is -2.52. The summed E-state index contributed by atoms with van der Waals surface area (Å²) in [7, 11) is 2.00. The number of rotatable bonds is 4. The van der Waals surface area contributed by atoms with Gasteiger partial charge in [0.1, 0.15) is 0 Å². The second-order valence-corrected chi connectivity index (χ2v) is 6.47. The molecule has 5 heteroatoms. The van der Waals surface area contributed by atoms with Gasteiger partial charge in [-0.05, 0) is 53.0 Å². The van der Waals surface area contributed by atoms with Gasteiger partial charge in [0.25, 0.3) is 0 Å². The van der Waals surface area contributed by atoms with Crippen molar-refractivity contribution < 1.29 is 13.2 Å². The third-order valence-electron chi connectivity index (χ3n) is 5.24. The zero-order valence-electron chi connectivity index (χ0n) is 12.5. The van der Waals surface area contributed by atoms with Crippen molar-refractivity contribution in [2.24, 2.45) is 11.7 Å². The highest BCUT2D eigenvalue weighted by atomic mass is 19.4. The molecular weight excluding hydrogens is 253 g/mol. The van der Waals surface area contributed by atoms with Crippen molar-refractivity contribution in [3.63, 3.8) is 0 Å². The average molecular weight is 280 g/mol. The summed E-state index contributed by atoms with van der Waals surface area (Å²) >= 11 is 0. The second kappa shape index (κ2) is 5.60. The van der Waals surface area contributed by atoms with Crippen LogP contribution in [0.15, 0.2) is 0 Å². The standard InChI is InChI=1S/C14H27F3N2/c1-5-12(2,3)19(4)13(10-18)8-6-11(7-9-13)14(15,16)17/h11H,5-10,18H2,1-4H3. The molecule has 0 heterocycles. The molecule has 2 N–H and O–H groups in total. The number of halogens is 3. The molecule has 0 spiro atoms. The van der Waals surface area contributed by atoms with Crippen molar-refractivity contribution in [1.82, 2.24) is 4.90 Å². The van der Waals surface area contributed by atoms with Crippen LogP contribution in [0.4, 0.5) is 13.2 Å². The molecule has 1 rings (SSSR count). The topological polar surface area (TPSA) is 29.3 Å². The van der Waals surface area contributed by atoms with E-state index in [9.17, 15) is 13.2 Å². The minimum atomic E-state index is -4.06. The van der Waals surface area contributed by atoms with E-state index in [1.165, 1.54) is 0 Å². The van der Waals surface area contributed by atoms with Crippen LogP contribution >= 0.6 is 0 Å². The van der Waals surface area contributed by atoms with E-state index in [4.69, 9.17) is 5.73 Å². The molecule has 19 heavy (non-hydrogen) atoms. The molecule has 0 bridgehead atoms. The molecule has 1 aliphatic carbocycles. The van der Waals surface area contributed by atoms with Gasteiger partial charge in [-0.3, -0.25) is 4.90 Å². The molecule has 0 aromatic rings. The second-order valence-electron chi connectivity index (χ2n) is 6.47. The maximum absolute atomic E-state index is 12.8. The molecule has 114 valence electrons. The first-order valence-corrected chi connectivity index (χ1v) is 7.10. The summed E-state index contributed by atoms with van der Waals surface area (Å²) in [6.07, 6.45) is -1.63. The summed E-state index contributed by atoms with van der Waals surface area (Å²) in [5.74, 6) is -1.15. The quantitative estimate of drug-likeness (QED) is 0.853. The van der Waals surface area contributed by atoms with Crippen molar-refractivity contribution in [2.75, 3.05) is 13.6 Å². The number of hydrogen-bond acceptors (Lipinski definition) is 2. The lowest BCUT2D eigenvalue weighted by Crippen LogP contribution is -2.61. The van der Waals surface area contributed by atoms with E-state index >= 15 is 0 Å². The molecule has 0 aliphatic heterocycles. The fourth-order valence-corrected chi connectivity index (χ4v) is 3.04. The van der Waals surface area contributed by atoms with E-state index in [0.717, 1.165) is 6.42 Å². The van der Waals surface area contributed by atoms with E-state index in [0.29, 0.717) is 19.4 Å². The molecule has 0 atom stereocenters. The van der Waals surface area contributed by atoms with Gasteiger partial charge in [0.15, 0.2) is 0 Å². The summed E-state index contributed by atoms with van der Waals surface area (Å²) < 4.78 is 38.3. The Kier molecular flexibility index (Phi) is 4.94. The Bertz CT molecular complexity index is 292. The third-order valence-corrected chi connectivity index (χ3v) is 5.24. The van der Waals surface area contributed by atoms with Crippen LogP contribution in [0.5, 0.6) is 0 Å². The Labute approximate surface area is 114 Å². The first kappa shape index (κ1) is 16.8. The van der Waals surface area contributed by atoms with Crippen LogP contribution in [0.2, 0.25) is 0 Å². The van der Waals surface area contributed by atoms with Crippen LogP contribution in [-0.2, 0) is 0 Å². The Morgan fingerprint density at radius 3 is 2.00 bits per heavy atom. The minimum absolute atomic E-state index is 0.0373. The number of alkyl halides is 3. The molecule has 0 amide bonds. The zero-order chi connectivity index (χ0) is 14.9. The largest absolute Gasteiger partial charge is 0.391 e. The maximum Gasteiger partial charge on any atom is 0.391 e. The van der Waals surface area contributed by atoms with E-state index < -0.39 is 12.1 Å². The highest BCUT2D eigenvalue weighted by molar-refractivity contribution is 5.00. The van der Waals surface area contributed by atoms with Crippen LogP contribution in [0.3, 0.4) is 0 Å². The monoisotopic (exact) mass is 280 g/mol. The predicted molar refractivity (Wildman–Crippen MR) is 71.9 cm³/mol. The summed E-state index contributed by atoms with van der Waals surface area (Å²) in [5.41, 5.74) is 5.61. The van der Waals surface area contributed by atoms with Gasteiger partial charge in [-0.1, -0.05) is 6.92 Å². The highest BCUT2D eigenvalue weighted by Gasteiger charge is 2.48. The first-order valence-electron chi connectivity index (χ1n) is 7.10. The number of nitrogens with two attached hydrogens (primary N) is 1. The molecular formula is C14H27F3N2. The molecule has 0 aromatic carbocycles. The Morgan fingerprint density at radius 1 is 1.21 bits per heavy atom. The molecule has 1 fully saturated rings. The van der Waals surface area contributed by atoms with Crippen molar-refractivity contribution in [3.8, 4) is 0 Å². The van der Waals surface area contributed by atoms with Crippen molar-refractivity contribution in [3.05, 3.63) is 0 Å². The Balaban J connectivity index is 2.81. The third kappa shape index (κ3) is 3.43. The van der Waals surface area contributed by atoms with Crippen molar-refractivity contribution in [2.45, 2.75) is 70.1 Å². The van der Waals surface area contributed by atoms with E-state index in [-0.39, 0.29) is 23.9 Å². The zero-order valence-corrected chi connectivity index (χ0v) is 12.5. The fourth-order valence-electron chi connectivity index (χ4n) is 3.04. The van der Waals surface area contributed by atoms with Gasteiger partial charge in [-0.2, -0.15) is 13.2 Å². The molecule has 0 saturated heterocycles. The van der Waals surface area contributed by atoms with Crippen LogP contribution in [0.25, 0.3) is 0 Å². The van der Waals surface area contributed by atoms with Crippen LogP contribution < -0.4 is 5.73 Å². The van der Waals surface area contributed by atoms with Gasteiger partial charge in [-0.15, -0.1) is 0 Å². The van der Waals surface area contributed by atoms with Crippen LogP contribution in [0.1, 0.15) is 52.9 Å². The van der Waals surface area contributed by atoms with Gasteiger partial charge >= 0.3 is 6.18 Å². The summed E-state index contributed by atoms with van der Waals surface area (Å²) in [6, 6.07) is 0. The predicted octanol–water partition coefficient (Wildman–Crippen LogP) is 3.56. The maximum atomic E-state index is 12.8. The normalized spacial score (nSPS) is 29.8. The van der Waals surface area contributed by atoms with Crippen molar-refractivity contribution in [1.29, 1.82) is 0 Å². The Morgan fingerprint density at radius 2 is 1.68 bits per heavy atom. The van der Waals surface area contributed by atoms with Gasteiger partial charge in [0.05, 0.1) is 5.92 Å². The van der Waals surface area contributed by atoms with Crippen LogP contribution in [-0.4, -0.2) is 35.7 Å². The number of nitrogens with zero attached hydrogens (tertiary/aromatic N) is 1. The molecule has 2 nitrogen and oxygen atoms in total. The van der Waals surface area contributed by atoms with Crippen molar-refractivity contribution >= 4 is 0 Å². The van der Waals surface area contributed by atoms with Gasteiger partial charge in [-0.25, -0.2) is 0 Å². The summed E-state index contributed by atoms with van der Waals surface area (Å²) in [6.45, 7) is 6.78. The number of hydrogen-bond donors (Lipinski definition) is 1. The molecule has 0 unspecified atom stereocenters. The van der Waals surface area contributed by atoms with Gasteiger partial charge < -0.3 is 5.73 Å². The summed E-state index contributed by atoms with van der Waals surface area (Å²) in [4.78, 5) is 2.21. The van der Waals surface area contributed by atoms with Gasteiger partial charge in [0, 0.05) is 17.6 Å². The highest BCUT2D eigenvalue weighted by Crippen LogP contribution is 2.44. The fraction of sp³-hybridized carbons (Fsp3) is 1.00. The summed E-state index contributed by atoms with van der Waals surface area (Å²) in [5, 5.41) is 0.